The van der Waals surface area contributed by atoms with Crippen molar-refractivity contribution in [3.8, 4) is 0 Å². The van der Waals surface area contributed by atoms with E-state index in [4.69, 9.17) is 10.8 Å². The quantitative estimate of drug-likeness (QED) is 0.588. The Morgan fingerprint density at radius 1 is 1.24 bits per heavy atom. The molecule has 6 heteroatoms. The Bertz CT molecular complexity index is 711. The van der Waals surface area contributed by atoms with Crippen molar-refractivity contribution in [3.63, 3.8) is 0 Å². The van der Waals surface area contributed by atoms with Crippen LogP contribution in [-0.4, -0.2) is 22.0 Å². The molecule has 106 valence electrons. The van der Waals surface area contributed by atoms with Crippen molar-refractivity contribution in [1.29, 1.82) is 0 Å². The first-order chi connectivity index (χ1) is 10.0. The molecule has 0 aliphatic heterocycles. The number of carbonyl (C=O) groups is 2. The molecule has 0 bridgehead atoms. The van der Waals surface area contributed by atoms with Gasteiger partial charge < -0.3 is 16.2 Å². The lowest BCUT2D eigenvalue weighted by atomic mass is 10.2. The van der Waals surface area contributed by atoms with Gasteiger partial charge in [-0.05, 0) is 29.8 Å². The van der Waals surface area contributed by atoms with Crippen LogP contribution in [0.15, 0.2) is 48.8 Å². The van der Waals surface area contributed by atoms with Crippen LogP contribution in [0.1, 0.15) is 15.9 Å². The van der Waals surface area contributed by atoms with Gasteiger partial charge in [0.1, 0.15) is 0 Å². The molecule has 0 radical (unpaired) electrons. The Hall–Kier alpha value is -3.15. The fourth-order valence-electron chi connectivity index (χ4n) is 1.64. The summed E-state index contributed by atoms with van der Waals surface area (Å²) in [4.78, 5) is 26.3. The van der Waals surface area contributed by atoms with Gasteiger partial charge in [0, 0.05) is 18.0 Å². The fraction of sp³-hybridized carbons (Fsp3) is 0. The van der Waals surface area contributed by atoms with Crippen molar-refractivity contribution in [2.45, 2.75) is 0 Å². The van der Waals surface area contributed by atoms with E-state index in [-0.39, 0.29) is 11.5 Å². The number of hydrogen-bond donors (Lipinski definition) is 3. The Morgan fingerprint density at radius 3 is 2.76 bits per heavy atom. The SMILES string of the molecule is Nc1cccc(/C=C/C(=O)Nc2cncc(C(=O)O)c2)c1. The van der Waals surface area contributed by atoms with Crippen LogP contribution in [0.2, 0.25) is 0 Å². The van der Waals surface area contributed by atoms with E-state index in [2.05, 4.69) is 10.3 Å². The van der Waals surface area contributed by atoms with Crippen molar-refractivity contribution in [3.05, 3.63) is 59.9 Å². The highest BCUT2D eigenvalue weighted by Crippen LogP contribution is 2.10. The summed E-state index contributed by atoms with van der Waals surface area (Å²) in [5.41, 5.74) is 7.36. The summed E-state index contributed by atoms with van der Waals surface area (Å²) < 4.78 is 0. The number of nitrogens with two attached hydrogens (primary N) is 1. The highest BCUT2D eigenvalue weighted by Gasteiger charge is 2.05. The van der Waals surface area contributed by atoms with Gasteiger partial charge in [-0.25, -0.2) is 4.79 Å². The van der Waals surface area contributed by atoms with Gasteiger partial charge in [0.15, 0.2) is 0 Å². The van der Waals surface area contributed by atoms with E-state index < -0.39 is 5.97 Å². The van der Waals surface area contributed by atoms with Gasteiger partial charge in [0.05, 0.1) is 17.4 Å². The maximum absolute atomic E-state index is 11.7. The summed E-state index contributed by atoms with van der Waals surface area (Å²) in [6.45, 7) is 0. The molecule has 0 aliphatic rings. The molecule has 0 unspecified atom stereocenters. The van der Waals surface area contributed by atoms with Crippen molar-refractivity contribution >= 4 is 29.3 Å². The second-order valence-corrected chi connectivity index (χ2v) is 4.26. The number of pyridine rings is 1. The van der Waals surface area contributed by atoms with Gasteiger partial charge in [-0.15, -0.1) is 0 Å². The molecule has 0 saturated carbocycles. The zero-order valence-corrected chi connectivity index (χ0v) is 11.0. The molecule has 0 atom stereocenters. The van der Waals surface area contributed by atoms with Crippen molar-refractivity contribution < 1.29 is 14.7 Å². The van der Waals surface area contributed by atoms with Gasteiger partial charge in [-0.3, -0.25) is 9.78 Å². The van der Waals surface area contributed by atoms with Crippen LogP contribution in [0.4, 0.5) is 11.4 Å². The number of nitrogen functional groups attached to an aromatic ring is 1. The van der Waals surface area contributed by atoms with Crippen LogP contribution in [0.25, 0.3) is 6.08 Å². The normalized spacial score (nSPS) is 10.5. The van der Waals surface area contributed by atoms with Crippen LogP contribution in [0.3, 0.4) is 0 Å². The highest BCUT2D eigenvalue weighted by molar-refractivity contribution is 6.02. The van der Waals surface area contributed by atoms with Crippen LogP contribution in [0, 0.1) is 0 Å². The number of nitrogens with zero attached hydrogens (tertiary/aromatic N) is 1. The number of hydrogen-bond acceptors (Lipinski definition) is 4. The lowest BCUT2D eigenvalue weighted by molar-refractivity contribution is -0.111. The first-order valence-corrected chi connectivity index (χ1v) is 6.07. The minimum Gasteiger partial charge on any atom is -0.478 e. The third kappa shape index (κ3) is 4.17. The highest BCUT2D eigenvalue weighted by atomic mass is 16.4. The number of aromatic carboxylic acids is 1. The molecule has 4 N–H and O–H groups in total. The molecule has 21 heavy (non-hydrogen) atoms. The van der Waals surface area contributed by atoms with Gasteiger partial charge in [0.2, 0.25) is 5.91 Å². The zero-order chi connectivity index (χ0) is 15.2. The molecule has 1 heterocycles. The maximum atomic E-state index is 11.7. The Kier molecular flexibility index (Phi) is 4.30. The first-order valence-electron chi connectivity index (χ1n) is 6.07. The van der Waals surface area contributed by atoms with Gasteiger partial charge in [0.25, 0.3) is 0 Å². The molecule has 0 fully saturated rings. The number of carboxylic acids is 1. The summed E-state index contributed by atoms with van der Waals surface area (Å²) in [6, 6.07) is 8.42. The Labute approximate surface area is 120 Å². The molecule has 0 aliphatic carbocycles. The zero-order valence-electron chi connectivity index (χ0n) is 11.0. The Balaban J connectivity index is 2.05. The predicted octanol–water partition coefficient (Wildman–Crippen LogP) is 2.01. The molecule has 0 saturated heterocycles. The van der Waals surface area contributed by atoms with E-state index in [0.29, 0.717) is 11.4 Å². The predicted molar refractivity (Wildman–Crippen MR) is 79.7 cm³/mol. The maximum Gasteiger partial charge on any atom is 0.337 e. The number of aromatic nitrogens is 1. The summed E-state index contributed by atoms with van der Waals surface area (Å²) in [5.74, 6) is -1.49. The molecule has 2 aromatic rings. The minimum atomic E-state index is -1.10. The average molecular weight is 283 g/mol. The van der Waals surface area contributed by atoms with Crippen molar-refractivity contribution in [2.24, 2.45) is 0 Å². The number of nitrogens with one attached hydrogen (secondary N) is 1. The van der Waals surface area contributed by atoms with Crippen molar-refractivity contribution in [1.82, 2.24) is 4.98 Å². The largest absolute Gasteiger partial charge is 0.478 e. The minimum absolute atomic E-state index is 0.00705. The van der Waals surface area contributed by atoms with E-state index in [1.807, 2.05) is 6.07 Å². The number of carboxylic acid groups (broad SMARTS) is 1. The molecule has 1 aromatic heterocycles. The molecule has 6 nitrogen and oxygen atoms in total. The molecule has 0 spiro atoms. The van der Waals surface area contributed by atoms with Crippen LogP contribution >= 0.6 is 0 Å². The summed E-state index contributed by atoms with van der Waals surface area (Å²) in [6.07, 6.45) is 5.53. The molecule has 1 amide bonds. The Morgan fingerprint density at radius 2 is 2.05 bits per heavy atom. The van der Waals surface area contributed by atoms with Crippen LogP contribution in [0.5, 0.6) is 0 Å². The second-order valence-electron chi connectivity index (χ2n) is 4.26. The summed E-state index contributed by atoms with van der Waals surface area (Å²) in [7, 11) is 0. The lowest BCUT2D eigenvalue weighted by Gasteiger charge is -2.02. The number of benzene rings is 1. The van der Waals surface area contributed by atoms with Gasteiger partial charge in [-0.2, -0.15) is 0 Å². The molecule has 1 aromatic carbocycles. The van der Waals surface area contributed by atoms with E-state index in [1.165, 1.54) is 24.5 Å². The second kappa shape index (κ2) is 6.33. The average Bonchev–Trinajstić information content (AvgIpc) is 2.45. The van der Waals surface area contributed by atoms with E-state index >= 15 is 0 Å². The third-order valence-electron chi connectivity index (χ3n) is 2.59. The monoisotopic (exact) mass is 283 g/mol. The molecular weight excluding hydrogens is 270 g/mol. The van der Waals surface area contributed by atoms with Crippen LogP contribution < -0.4 is 11.1 Å². The van der Waals surface area contributed by atoms with Gasteiger partial charge in [-0.1, -0.05) is 12.1 Å². The topological polar surface area (TPSA) is 105 Å². The third-order valence-corrected chi connectivity index (χ3v) is 2.59. The summed E-state index contributed by atoms with van der Waals surface area (Å²) in [5, 5.41) is 11.4. The van der Waals surface area contributed by atoms with E-state index in [0.717, 1.165) is 5.56 Å². The molecular formula is C15H13N3O3. The lowest BCUT2D eigenvalue weighted by Crippen LogP contribution is -2.09. The van der Waals surface area contributed by atoms with E-state index in [9.17, 15) is 9.59 Å². The number of carbonyl (C=O) groups excluding carboxylic acids is 1. The smallest absolute Gasteiger partial charge is 0.337 e. The number of amides is 1. The number of anilines is 2. The standard InChI is InChI=1S/C15H13N3O3/c16-12-3-1-2-10(6-12)4-5-14(19)18-13-7-11(15(20)21)8-17-9-13/h1-9H,16H2,(H,18,19)(H,20,21)/b5-4+. The van der Waals surface area contributed by atoms with Crippen LogP contribution in [-0.2, 0) is 4.79 Å². The van der Waals surface area contributed by atoms with Crippen molar-refractivity contribution in [2.75, 3.05) is 11.1 Å². The first kappa shape index (κ1) is 14.3. The van der Waals surface area contributed by atoms with E-state index in [1.54, 1.807) is 24.3 Å². The molecule has 2 rings (SSSR count). The summed E-state index contributed by atoms with van der Waals surface area (Å²) >= 11 is 0. The number of rotatable bonds is 4. The van der Waals surface area contributed by atoms with Gasteiger partial charge >= 0.3 is 5.97 Å². The fourth-order valence-corrected chi connectivity index (χ4v) is 1.64.